The van der Waals surface area contributed by atoms with E-state index in [0.29, 0.717) is 23.4 Å². The van der Waals surface area contributed by atoms with Gasteiger partial charge in [-0.3, -0.25) is 9.36 Å². The number of Topliss-reactive ketones (excluding diaryl/α,β-unsaturated/α-hetero) is 1. The fraction of sp³-hybridized carbons (Fsp3) is 0.654. The molecule has 0 radical (unpaired) electrons. The van der Waals surface area contributed by atoms with Crippen molar-refractivity contribution in [2.75, 3.05) is 13.7 Å². The van der Waals surface area contributed by atoms with Crippen LogP contribution < -0.4 is 4.74 Å². The van der Waals surface area contributed by atoms with Gasteiger partial charge in [-0.25, -0.2) is 4.39 Å². The van der Waals surface area contributed by atoms with E-state index in [1.807, 2.05) is 18.4 Å². The summed E-state index contributed by atoms with van der Waals surface area (Å²) in [6.07, 6.45) is 7.17. The number of hydrogen-bond donors (Lipinski definition) is 0. The Morgan fingerprint density at radius 1 is 1.15 bits per heavy atom. The number of halogens is 1. The molecule has 4 saturated carbocycles. The number of benzene rings is 1. The Balaban J connectivity index is 1.33. The maximum Gasteiger partial charge on any atom is 0.192 e. The zero-order valence-corrected chi connectivity index (χ0v) is 21.0. The van der Waals surface area contributed by atoms with E-state index in [2.05, 4.69) is 10.2 Å². The molecule has 2 aromatic rings. The molecule has 0 spiro atoms. The van der Waals surface area contributed by atoms with E-state index in [1.165, 1.54) is 37.1 Å². The Hall–Kier alpha value is -1.93. The van der Waals surface area contributed by atoms with Crippen LogP contribution in [0.4, 0.5) is 4.39 Å². The molecular formula is C26H34FN3O3S. The molecule has 4 aliphatic carbocycles. The normalized spacial score (nSPS) is 29.2. The lowest BCUT2D eigenvalue weighted by atomic mass is 9.48. The zero-order valence-electron chi connectivity index (χ0n) is 20.2. The first-order chi connectivity index (χ1) is 16.4. The van der Waals surface area contributed by atoms with E-state index in [0.717, 1.165) is 37.0 Å². The minimum absolute atomic E-state index is 0.0522. The number of para-hydroxylation sites is 1. The molecule has 0 saturated heterocycles. The Bertz CT molecular complexity index is 1010. The van der Waals surface area contributed by atoms with Crippen molar-refractivity contribution in [3.8, 4) is 5.75 Å². The molecule has 1 aromatic carbocycles. The van der Waals surface area contributed by atoms with Gasteiger partial charge in [-0.1, -0.05) is 23.9 Å². The smallest absolute Gasteiger partial charge is 0.192 e. The Morgan fingerprint density at radius 3 is 2.41 bits per heavy atom. The molecule has 1 heterocycles. The largest absolute Gasteiger partial charge is 0.483 e. The average molecular weight is 488 g/mol. The number of thioether (sulfide) groups is 1. The number of methoxy groups -OCH3 is 1. The van der Waals surface area contributed by atoms with E-state index < -0.39 is 5.82 Å². The summed E-state index contributed by atoms with van der Waals surface area (Å²) in [4.78, 5) is 13.8. The number of ether oxygens (including phenoxy) is 2. The van der Waals surface area contributed by atoms with Crippen LogP contribution in [0.15, 0.2) is 29.4 Å². The third kappa shape index (κ3) is 4.51. The van der Waals surface area contributed by atoms with Gasteiger partial charge in [0.1, 0.15) is 6.61 Å². The molecule has 0 amide bonds. The third-order valence-electron chi connectivity index (χ3n) is 7.99. The maximum absolute atomic E-state index is 14.0. The fourth-order valence-corrected chi connectivity index (χ4v) is 8.16. The quantitative estimate of drug-likeness (QED) is 0.414. The molecule has 4 fully saturated rings. The van der Waals surface area contributed by atoms with Crippen LogP contribution in [0.1, 0.15) is 64.2 Å². The van der Waals surface area contributed by atoms with Crippen molar-refractivity contribution in [3.63, 3.8) is 0 Å². The van der Waals surface area contributed by atoms with Crippen LogP contribution in [0.25, 0.3) is 0 Å². The SMILES string of the molecule is COC[C@@H](C)n1c(COc2ccccc2F)nnc1S[C@H](C)C(=O)C12CC3CC(CC(C3)C1)C2. The van der Waals surface area contributed by atoms with Gasteiger partial charge in [0.05, 0.1) is 17.9 Å². The minimum Gasteiger partial charge on any atom is -0.483 e. The highest BCUT2D eigenvalue weighted by atomic mass is 32.2. The monoisotopic (exact) mass is 487 g/mol. The standard InChI is InChI=1S/C26H34FN3O3S/c1-16(14-32-3)30-23(15-33-22-7-5-4-6-21(22)27)28-29-25(30)34-17(2)24(31)26-11-18-8-19(12-26)10-20(9-18)13-26/h4-7,16-20H,8-15H2,1-3H3/t16-,17-,18?,19?,20?,26?/m1/s1. The number of rotatable bonds is 10. The average Bonchev–Trinajstić information content (AvgIpc) is 3.19. The van der Waals surface area contributed by atoms with Gasteiger partial charge >= 0.3 is 0 Å². The van der Waals surface area contributed by atoms with E-state index >= 15 is 0 Å². The van der Waals surface area contributed by atoms with Crippen LogP contribution in [-0.2, 0) is 16.1 Å². The predicted octanol–water partition coefficient (Wildman–Crippen LogP) is 5.47. The van der Waals surface area contributed by atoms with E-state index in [-0.39, 0.29) is 29.1 Å². The summed E-state index contributed by atoms with van der Waals surface area (Å²) >= 11 is 1.48. The highest BCUT2D eigenvalue weighted by Gasteiger charge is 2.55. The molecule has 6 nitrogen and oxygen atoms in total. The topological polar surface area (TPSA) is 66.2 Å². The highest BCUT2D eigenvalue weighted by molar-refractivity contribution is 8.00. The van der Waals surface area contributed by atoms with Crippen molar-refractivity contribution >= 4 is 17.5 Å². The van der Waals surface area contributed by atoms with Gasteiger partial charge < -0.3 is 9.47 Å². The van der Waals surface area contributed by atoms with Crippen molar-refractivity contribution in [2.24, 2.45) is 23.2 Å². The van der Waals surface area contributed by atoms with Crippen LogP contribution in [0, 0.1) is 29.0 Å². The fourth-order valence-electron chi connectivity index (χ4n) is 7.00. The van der Waals surface area contributed by atoms with Crippen LogP contribution in [0.3, 0.4) is 0 Å². The molecule has 6 rings (SSSR count). The van der Waals surface area contributed by atoms with Crippen molar-refractivity contribution in [3.05, 3.63) is 35.9 Å². The molecule has 4 bridgehead atoms. The van der Waals surface area contributed by atoms with Crippen LogP contribution >= 0.6 is 11.8 Å². The second kappa shape index (κ2) is 9.61. The van der Waals surface area contributed by atoms with Gasteiger partial charge in [0.15, 0.2) is 28.3 Å². The number of carbonyl (C=O) groups excluding carboxylic acids is 1. The summed E-state index contributed by atoms with van der Waals surface area (Å²) in [5, 5.41) is 9.25. The minimum atomic E-state index is -0.414. The van der Waals surface area contributed by atoms with E-state index in [4.69, 9.17) is 9.47 Å². The van der Waals surface area contributed by atoms with Crippen LogP contribution in [-0.4, -0.2) is 39.5 Å². The van der Waals surface area contributed by atoms with Gasteiger partial charge in [0.25, 0.3) is 0 Å². The Morgan fingerprint density at radius 2 is 1.79 bits per heavy atom. The van der Waals surface area contributed by atoms with E-state index in [9.17, 15) is 9.18 Å². The van der Waals surface area contributed by atoms with Crippen molar-refractivity contribution in [1.29, 1.82) is 0 Å². The molecule has 8 heteroatoms. The van der Waals surface area contributed by atoms with Crippen molar-refractivity contribution in [1.82, 2.24) is 14.8 Å². The summed E-state index contributed by atoms with van der Waals surface area (Å²) in [6, 6.07) is 6.27. The predicted molar refractivity (Wildman–Crippen MR) is 128 cm³/mol. The van der Waals surface area contributed by atoms with Gasteiger partial charge in [0, 0.05) is 12.5 Å². The lowest BCUT2D eigenvalue weighted by molar-refractivity contribution is -0.143. The molecule has 184 valence electrons. The first-order valence-corrected chi connectivity index (χ1v) is 13.3. The zero-order chi connectivity index (χ0) is 23.9. The molecule has 0 aliphatic heterocycles. The van der Waals surface area contributed by atoms with Gasteiger partial charge in [-0.15, -0.1) is 10.2 Å². The van der Waals surface area contributed by atoms with E-state index in [1.54, 1.807) is 25.3 Å². The van der Waals surface area contributed by atoms with Crippen LogP contribution in [0.5, 0.6) is 5.75 Å². The van der Waals surface area contributed by atoms with Crippen molar-refractivity contribution in [2.45, 2.75) is 75.4 Å². The number of nitrogens with zero attached hydrogens (tertiary/aromatic N) is 3. The second-order valence-corrected chi connectivity index (χ2v) is 11.9. The summed E-state index contributed by atoms with van der Waals surface area (Å²) in [7, 11) is 1.66. The second-order valence-electron chi connectivity index (χ2n) is 10.6. The summed E-state index contributed by atoms with van der Waals surface area (Å²) < 4.78 is 27.1. The lowest BCUT2D eigenvalue weighted by Gasteiger charge is -2.56. The third-order valence-corrected chi connectivity index (χ3v) is 9.05. The van der Waals surface area contributed by atoms with Crippen molar-refractivity contribution < 1.29 is 18.7 Å². The summed E-state index contributed by atoms with van der Waals surface area (Å²) in [6.45, 7) is 4.59. The first-order valence-electron chi connectivity index (χ1n) is 12.4. The number of carbonyl (C=O) groups is 1. The summed E-state index contributed by atoms with van der Waals surface area (Å²) in [5.41, 5.74) is -0.138. The van der Waals surface area contributed by atoms with Crippen LogP contribution in [0.2, 0.25) is 0 Å². The first kappa shape index (κ1) is 23.8. The van der Waals surface area contributed by atoms with Gasteiger partial charge in [0.2, 0.25) is 0 Å². The Kier molecular flexibility index (Phi) is 6.73. The maximum atomic E-state index is 14.0. The molecule has 1 aromatic heterocycles. The highest BCUT2D eigenvalue weighted by Crippen LogP contribution is 2.61. The molecular weight excluding hydrogens is 453 g/mol. The van der Waals surface area contributed by atoms with Gasteiger partial charge in [-0.2, -0.15) is 0 Å². The number of ketones is 1. The number of aromatic nitrogens is 3. The number of hydrogen-bond acceptors (Lipinski definition) is 6. The molecule has 4 aliphatic rings. The molecule has 0 unspecified atom stereocenters. The molecule has 0 N–H and O–H groups in total. The lowest BCUT2D eigenvalue weighted by Crippen LogP contribution is -2.51. The molecule has 2 atom stereocenters. The summed E-state index contributed by atoms with van der Waals surface area (Å²) in [5.74, 6) is 2.94. The Labute approximate surface area is 205 Å². The van der Waals surface area contributed by atoms with Gasteiger partial charge in [-0.05, 0) is 82.3 Å². The molecule has 34 heavy (non-hydrogen) atoms.